The van der Waals surface area contributed by atoms with Gasteiger partial charge in [0.05, 0.1) is 20.0 Å². The van der Waals surface area contributed by atoms with Gasteiger partial charge in [-0.2, -0.15) is 44.9 Å². The molecule has 0 saturated carbocycles. The second-order valence-electron chi connectivity index (χ2n) is 34.0. The van der Waals surface area contributed by atoms with Gasteiger partial charge in [0.2, 0.25) is 47.6 Å². The number of nitrogens with one attached hydrogen (secondary N) is 7. The summed E-state index contributed by atoms with van der Waals surface area (Å²) >= 11 is 0. The average Bonchev–Trinajstić information content (AvgIpc) is 2.61. The van der Waals surface area contributed by atoms with Crippen molar-refractivity contribution in [2.45, 2.75) is 295 Å². The van der Waals surface area contributed by atoms with Crippen molar-refractivity contribution in [3.8, 4) is 0 Å². The van der Waals surface area contributed by atoms with Crippen LogP contribution < -0.4 is 66.6 Å². The molecule has 8 heterocycles. The topological polar surface area (TPSA) is 223 Å². The summed E-state index contributed by atoms with van der Waals surface area (Å²) in [6.45, 7) is 60.8. The van der Waals surface area contributed by atoms with Crippen LogP contribution in [0.2, 0.25) is 0 Å². The molecule has 3 aromatic rings. The lowest BCUT2D eigenvalue weighted by molar-refractivity contribution is 0.159. The predicted molar refractivity (Wildman–Crippen MR) is 382 cm³/mol. The van der Waals surface area contributed by atoms with Crippen molar-refractivity contribution in [2.75, 3.05) is 102 Å². The molecule has 7 N–H and O–H groups in total. The molecule has 0 atom stereocenters. The third kappa shape index (κ3) is 20.3. The van der Waals surface area contributed by atoms with E-state index in [0.29, 0.717) is 66.7 Å². The Morgan fingerprint density at radius 2 is 0.516 bits per heavy atom. The fraction of sp³-hybridized carbons (Fsp3) is 0.809. The van der Waals surface area contributed by atoms with Crippen molar-refractivity contribution < 1.29 is 0 Å². The molecule has 8 rings (SSSR count). The number of hydrogen-bond acceptors (Lipinski definition) is 23. The Morgan fingerprint density at radius 1 is 0.319 bits per heavy atom. The van der Waals surface area contributed by atoms with Gasteiger partial charge >= 0.3 is 0 Å². The molecule has 3 aromatic heterocycles. The van der Waals surface area contributed by atoms with Crippen molar-refractivity contribution in [3.05, 3.63) is 32.1 Å². The Kier molecular flexibility index (Phi) is 22.6. The first-order valence-electron chi connectivity index (χ1n) is 33.4. The summed E-state index contributed by atoms with van der Waals surface area (Å²) in [4.78, 5) is 62.8. The number of piperidine rings is 5. The summed E-state index contributed by atoms with van der Waals surface area (Å²) in [5.74, 6) is 5.36. The molecule has 0 aromatic carbocycles. The van der Waals surface area contributed by atoms with E-state index >= 15 is 0 Å². The van der Waals surface area contributed by atoms with Crippen LogP contribution in [0.25, 0.3) is 0 Å². The normalized spacial score (nSPS) is 23.1. The minimum absolute atomic E-state index is 0.0666. The summed E-state index contributed by atoms with van der Waals surface area (Å²) in [5.41, 5.74) is -0.739. The molecular weight excluding hydrogens is 1140 g/mol. The number of hydrogen-bond donors (Lipinski definition) is 7. The van der Waals surface area contributed by atoms with E-state index in [0.717, 1.165) is 64.2 Å². The molecule has 0 amide bonds. The minimum atomic E-state index is -0.0811. The quantitative estimate of drug-likeness (QED) is 0.0438. The lowest BCUT2D eigenvalue weighted by Gasteiger charge is -2.49. The monoisotopic (exact) mass is 1270 g/mol. The van der Waals surface area contributed by atoms with Crippen molar-refractivity contribution in [1.82, 2.24) is 76.3 Å². The standard InChI is InChI=1S/C64H119N23.2C2H4/c1-41-67-49(82(23)42-28-55(2,3)76-56(4,5)29-42)75-54(68-41)87(39-66-48-71-52(85(26)45-34-61(14,15)79-62(16,17)35-45)74-53(72-48)86(27)46-36-63(18,19)80-64(20,21)37-46)40-81(22)38-65-47-69-50(83(24)43-30-57(6,7)77-58(8,9)31-43)73-51(70-47)84(25)44-32-59(10,11)78-60(12,13)33-44;2*1-2/h42-46,76-80H,28-40H2,1-27H3,(H,65,69,70,73)(H,66,71,72,74);2*1-2H2. The van der Waals surface area contributed by atoms with Crippen LogP contribution in [-0.2, 0) is 0 Å². The summed E-state index contributed by atoms with van der Waals surface area (Å²) in [6.07, 6.45) is 9.40. The number of anilines is 8. The zero-order valence-electron chi connectivity index (χ0n) is 62.1. The molecule has 0 radical (unpaired) electrons. The van der Waals surface area contributed by atoms with Crippen LogP contribution in [0.1, 0.15) is 209 Å². The zero-order valence-corrected chi connectivity index (χ0v) is 62.1. The summed E-state index contributed by atoms with van der Waals surface area (Å²) in [7, 11) is 12.8. The van der Waals surface area contributed by atoms with Gasteiger partial charge in [0.25, 0.3) is 0 Å². The van der Waals surface area contributed by atoms with Crippen molar-refractivity contribution >= 4 is 47.6 Å². The highest BCUT2D eigenvalue weighted by molar-refractivity contribution is 5.49. The Labute approximate surface area is 551 Å². The van der Waals surface area contributed by atoms with Crippen LogP contribution in [0.3, 0.4) is 0 Å². The SMILES string of the molecule is C=C.C=C.Cc1nc(N(CNc2nc(N(C)C3CC(C)(C)NC(C)(C)C3)nc(N(C)C3CC(C)(C)NC(C)(C)C3)n2)CN(C)CNc2nc(N(C)C3CC(C)(C)NC(C)(C)C3)nc(N(C)C3CC(C)(C)NC(C)(C)C3)n2)nc(N(C)C2CC(C)(C)NC(C)(C)C2)n1. The van der Waals surface area contributed by atoms with Crippen LogP contribution in [0.15, 0.2) is 26.3 Å². The molecule has 5 aliphatic rings. The Morgan fingerprint density at radius 3 is 0.758 bits per heavy atom. The van der Waals surface area contributed by atoms with Crippen molar-refractivity contribution in [2.24, 2.45) is 0 Å². The molecule has 5 saturated heterocycles. The van der Waals surface area contributed by atoms with E-state index in [1.165, 1.54) is 0 Å². The fourth-order valence-electron chi connectivity index (χ4n) is 16.7. The van der Waals surface area contributed by atoms with Gasteiger partial charge in [-0.25, -0.2) is 0 Å². The molecule has 0 bridgehead atoms. The molecule has 514 valence electrons. The third-order valence-electron chi connectivity index (χ3n) is 18.7. The van der Waals surface area contributed by atoms with Crippen LogP contribution in [-0.4, -0.2) is 198 Å². The van der Waals surface area contributed by atoms with Crippen molar-refractivity contribution in [1.29, 1.82) is 0 Å². The van der Waals surface area contributed by atoms with E-state index in [1.54, 1.807) is 0 Å². The molecule has 5 aliphatic heterocycles. The van der Waals surface area contributed by atoms with Gasteiger partial charge in [-0.3, -0.25) is 4.90 Å². The fourth-order valence-corrected chi connectivity index (χ4v) is 16.7. The maximum atomic E-state index is 5.34. The number of rotatable bonds is 19. The van der Waals surface area contributed by atoms with Crippen LogP contribution in [0.5, 0.6) is 0 Å². The maximum Gasteiger partial charge on any atom is 0.232 e. The van der Waals surface area contributed by atoms with E-state index in [2.05, 4.69) is 279 Å². The van der Waals surface area contributed by atoms with E-state index in [4.69, 9.17) is 44.9 Å². The second kappa shape index (κ2) is 27.6. The molecule has 91 heavy (non-hydrogen) atoms. The molecule has 0 unspecified atom stereocenters. The summed E-state index contributed by atoms with van der Waals surface area (Å²) in [6, 6.07) is 0.973. The molecule has 23 nitrogen and oxygen atoms in total. The highest BCUT2D eigenvalue weighted by atomic mass is 15.5. The smallest absolute Gasteiger partial charge is 0.232 e. The first-order chi connectivity index (χ1) is 41.7. The van der Waals surface area contributed by atoms with Gasteiger partial charge < -0.3 is 66.6 Å². The molecule has 0 aliphatic carbocycles. The average molecular weight is 1270 g/mol. The zero-order chi connectivity index (χ0) is 68.6. The summed E-state index contributed by atoms with van der Waals surface area (Å²) in [5, 5.41) is 26.8. The van der Waals surface area contributed by atoms with Crippen LogP contribution in [0.4, 0.5) is 47.6 Å². The van der Waals surface area contributed by atoms with E-state index in [9.17, 15) is 0 Å². The number of aryl methyl sites for hydroxylation is 1. The van der Waals surface area contributed by atoms with E-state index in [1.807, 2.05) is 6.92 Å². The third-order valence-corrected chi connectivity index (χ3v) is 18.7. The number of aromatic nitrogens is 9. The first kappa shape index (κ1) is 74.7. The van der Waals surface area contributed by atoms with Crippen LogP contribution in [0, 0.1) is 6.92 Å². The largest absolute Gasteiger partial charge is 0.341 e. The van der Waals surface area contributed by atoms with Crippen molar-refractivity contribution in [3.63, 3.8) is 0 Å². The van der Waals surface area contributed by atoms with Gasteiger partial charge in [0.1, 0.15) is 5.82 Å². The molecular formula is C68H127N23. The van der Waals surface area contributed by atoms with Gasteiger partial charge in [-0.05, 0) is 217 Å². The number of nitrogens with zero attached hydrogens (tertiary/aromatic N) is 16. The van der Waals surface area contributed by atoms with Crippen LogP contribution >= 0.6 is 0 Å². The lowest BCUT2D eigenvalue weighted by atomic mass is 9.79. The van der Waals surface area contributed by atoms with E-state index < -0.39 is 0 Å². The van der Waals surface area contributed by atoms with Gasteiger partial charge in [0.15, 0.2) is 0 Å². The minimum Gasteiger partial charge on any atom is -0.341 e. The van der Waals surface area contributed by atoms with Gasteiger partial charge in [-0.1, -0.05) is 0 Å². The highest BCUT2D eigenvalue weighted by Crippen LogP contribution is 2.39. The highest BCUT2D eigenvalue weighted by Gasteiger charge is 2.45. The lowest BCUT2D eigenvalue weighted by Crippen LogP contribution is -2.62. The summed E-state index contributed by atoms with van der Waals surface area (Å²) < 4.78 is 0. The van der Waals surface area contributed by atoms with Gasteiger partial charge in [0, 0.05) is 121 Å². The first-order valence-corrected chi connectivity index (χ1v) is 33.4. The Balaban J connectivity index is 0.00000323. The molecule has 0 spiro atoms. The van der Waals surface area contributed by atoms with Gasteiger partial charge in [-0.15, -0.1) is 26.3 Å². The maximum absolute atomic E-state index is 5.34. The Hall–Kier alpha value is -5.33. The predicted octanol–water partition coefficient (Wildman–Crippen LogP) is 9.72. The molecule has 23 heteroatoms. The van der Waals surface area contributed by atoms with E-state index in [-0.39, 0.29) is 92.3 Å². The second-order valence-corrected chi connectivity index (χ2v) is 34.0. The molecule has 5 fully saturated rings. The Bertz CT molecular complexity index is 2690.